The van der Waals surface area contributed by atoms with E-state index in [0.29, 0.717) is 40.8 Å². The number of aromatic nitrogens is 1. The Morgan fingerprint density at radius 2 is 1.58 bits per heavy atom. The molecule has 2 aromatic carbocycles. The molecule has 0 saturated heterocycles. The van der Waals surface area contributed by atoms with E-state index >= 15 is 0 Å². The number of methoxy groups -OCH3 is 3. The third-order valence-electron chi connectivity index (χ3n) is 4.86. The summed E-state index contributed by atoms with van der Waals surface area (Å²) in [5, 5.41) is 4.06. The highest BCUT2D eigenvalue weighted by Gasteiger charge is 2.25. The number of hydrogen-bond acceptors (Lipinski definition) is 7. The van der Waals surface area contributed by atoms with Gasteiger partial charge in [-0.3, -0.25) is 0 Å². The topological polar surface area (TPSA) is 91.1 Å². The van der Waals surface area contributed by atoms with E-state index in [1.807, 2.05) is 6.92 Å². The van der Waals surface area contributed by atoms with Gasteiger partial charge in [0.1, 0.15) is 0 Å². The van der Waals surface area contributed by atoms with Gasteiger partial charge in [0.25, 0.3) is 0 Å². The summed E-state index contributed by atoms with van der Waals surface area (Å²) in [5.74, 6) is 1.88. The van der Waals surface area contributed by atoms with Crippen LogP contribution in [0.1, 0.15) is 18.2 Å². The average Bonchev–Trinajstić information content (AvgIpc) is 3.25. The number of ether oxygens (including phenoxy) is 3. The van der Waals surface area contributed by atoms with Crippen molar-refractivity contribution in [2.75, 3.05) is 27.9 Å². The van der Waals surface area contributed by atoms with Crippen LogP contribution in [0, 0.1) is 6.92 Å². The van der Waals surface area contributed by atoms with Crippen LogP contribution in [0.4, 0.5) is 0 Å². The van der Waals surface area contributed by atoms with Crippen LogP contribution < -0.4 is 14.2 Å². The van der Waals surface area contributed by atoms with Crippen molar-refractivity contribution in [3.05, 3.63) is 53.7 Å². The van der Waals surface area contributed by atoms with Gasteiger partial charge in [0.15, 0.2) is 17.3 Å². The molecule has 1 aromatic heterocycles. The molecule has 0 fully saturated rings. The van der Waals surface area contributed by atoms with Crippen molar-refractivity contribution in [2.45, 2.75) is 25.3 Å². The first-order valence-electron chi connectivity index (χ1n) is 9.66. The van der Waals surface area contributed by atoms with Gasteiger partial charge in [-0.2, -0.15) is 4.31 Å². The Morgan fingerprint density at radius 3 is 2.10 bits per heavy atom. The molecule has 9 heteroatoms. The van der Waals surface area contributed by atoms with Crippen molar-refractivity contribution >= 4 is 10.0 Å². The van der Waals surface area contributed by atoms with Crippen LogP contribution in [0.25, 0.3) is 11.3 Å². The highest BCUT2D eigenvalue weighted by Crippen LogP contribution is 2.41. The SMILES string of the molecule is CCN(Cc1cc(-c2cc(OC)c(OC)c(OC)c2)on1)S(=O)(=O)c1ccc(C)cc1. The van der Waals surface area contributed by atoms with Crippen LogP contribution in [-0.2, 0) is 16.6 Å². The molecule has 0 bridgehead atoms. The van der Waals surface area contributed by atoms with E-state index in [4.69, 9.17) is 18.7 Å². The number of aryl methyl sites for hydroxylation is 1. The van der Waals surface area contributed by atoms with E-state index in [0.717, 1.165) is 5.56 Å². The van der Waals surface area contributed by atoms with Crippen molar-refractivity contribution in [1.82, 2.24) is 9.46 Å². The molecule has 3 rings (SSSR count). The van der Waals surface area contributed by atoms with Crippen LogP contribution in [0.3, 0.4) is 0 Å². The predicted octanol–water partition coefficient (Wildman–Crippen LogP) is 3.89. The van der Waals surface area contributed by atoms with E-state index < -0.39 is 10.0 Å². The molecule has 8 nitrogen and oxygen atoms in total. The van der Waals surface area contributed by atoms with Crippen molar-refractivity contribution in [1.29, 1.82) is 0 Å². The number of hydrogen-bond donors (Lipinski definition) is 0. The Kier molecular flexibility index (Phi) is 6.87. The van der Waals surface area contributed by atoms with Gasteiger partial charge in [-0.25, -0.2) is 8.42 Å². The molecule has 0 unspecified atom stereocenters. The Labute approximate surface area is 182 Å². The molecule has 1 heterocycles. The lowest BCUT2D eigenvalue weighted by Crippen LogP contribution is -2.30. The molecule has 31 heavy (non-hydrogen) atoms. The minimum absolute atomic E-state index is 0.0840. The minimum atomic E-state index is -3.66. The summed E-state index contributed by atoms with van der Waals surface area (Å²) < 4.78 is 49.0. The predicted molar refractivity (Wildman–Crippen MR) is 116 cm³/mol. The minimum Gasteiger partial charge on any atom is -0.493 e. The van der Waals surface area contributed by atoms with E-state index in [1.54, 1.807) is 49.4 Å². The highest BCUT2D eigenvalue weighted by atomic mass is 32.2. The smallest absolute Gasteiger partial charge is 0.243 e. The molecule has 166 valence electrons. The van der Waals surface area contributed by atoms with Gasteiger partial charge in [0, 0.05) is 18.2 Å². The average molecular weight is 447 g/mol. The second kappa shape index (κ2) is 9.40. The zero-order chi connectivity index (χ0) is 22.6. The fourth-order valence-electron chi connectivity index (χ4n) is 3.15. The molecule has 0 atom stereocenters. The lowest BCUT2D eigenvalue weighted by molar-refractivity contribution is 0.324. The summed E-state index contributed by atoms with van der Waals surface area (Å²) in [4.78, 5) is 0.244. The molecule has 0 amide bonds. The van der Waals surface area contributed by atoms with Crippen LogP contribution in [-0.4, -0.2) is 45.8 Å². The molecule has 0 spiro atoms. The molecule has 0 radical (unpaired) electrons. The zero-order valence-electron chi connectivity index (χ0n) is 18.2. The van der Waals surface area contributed by atoms with Crippen LogP contribution in [0.5, 0.6) is 17.2 Å². The number of benzene rings is 2. The van der Waals surface area contributed by atoms with Crippen LogP contribution in [0.15, 0.2) is 51.9 Å². The second-order valence-electron chi connectivity index (χ2n) is 6.84. The van der Waals surface area contributed by atoms with Gasteiger partial charge in [-0.05, 0) is 31.2 Å². The van der Waals surface area contributed by atoms with E-state index in [2.05, 4.69) is 5.16 Å². The first-order valence-corrected chi connectivity index (χ1v) is 11.1. The molecule has 0 aliphatic rings. The van der Waals surface area contributed by atoms with Crippen molar-refractivity contribution in [3.8, 4) is 28.6 Å². The second-order valence-corrected chi connectivity index (χ2v) is 8.78. The van der Waals surface area contributed by atoms with Crippen molar-refractivity contribution < 1.29 is 27.2 Å². The van der Waals surface area contributed by atoms with Crippen molar-refractivity contribution in [2.24, 2.45) is 0 Å². The quantitative estimate of drug-likeness (QED) is 0.492. The lowest BCUT2D eigenvalue weighted by Gasteiger charge is -2.19. The molecule has 0 saturated carbocycles. The van der Waals surface area contributed by atoms with Gasteiger partial charge < -0.3 is 18.7 Å². The van der Waals surface area contributed by atoms with Gasteiger partial charge in [0.2, 0.25) is 15.8 Å². The maximum atomic E-state index is 13.0. The van der Waals surface area contributed by atoms with Gasteiger partial charge in [0.05, 0.1) is 38.5 Å². The maximum absolute atomic E-state index is 13.0. The van der Waals surface area contributed by atoms with E-state index in [9.17, 15) is 8.42 Å². The van der Waals surface area contributed by atoms with Gasteiger partial charge >= 0.3 is 0 Å². The Morgan fingerprint density at radius 1 is 0.968 bits per heavy atom. The zero-order valence-corrected chi connectivity index (χ0v) is 19.0. The van der Waals surface area contributed by atoms with Gasteiger partial charge in [-0.15, -0.1) is 0 Å². The Balaban J connectivity index is 1.89. The molecular formula is C22H26N2O6S. The monoisotopic (exact) mass is 446 g/mol. The first kappa shape index (κ1) is 22.6. The molecule has 0 aliphatic carbocycles. The van der Waals surface area contributed by atoms with E-state index in [1.165, 1.54) is 25.6 Å². The third-order valence-corrected chi connectivity index (χ3v) is 6.79. The number of nitrogens with zero attached hydrogens (tertiary/aromatic N) is 2. The highest BCUT2D eigenvalue weighted by molar-refractivity contribution is 7.89. The largest absolute Gasteiger partial charge is 0.493 e. The Hall–Kier alpha value is -3.04. The molecule has 0 N–H and O–H groups in total. The third kappa shape index (κ3) is 4.67. The lowest BCUT2D eigenvalue weighted by atomic mass is 10.1. The summed E-state index contributed by atoms with van der Waals surface area (Å²) >= 11 is 0. The summed E-state index contributed by atoms with van der Waals surface area (Å²) in [5.41, 5.74) is 2.15. The fourth-order valence-corrected chi connectivity index (χ4v) is 4.57. The van der Waals surface area contributed by atoms with Gasteiger partial charge in [-0.1, -0.05) is 29.8 Å². The van der Waals surface area contributed by atoms with Crippen LogP contribution in [0.2, 0.25) is 0 Å². The first-order chi connectivity index (χ1) is 14.8. The maximum Gasteiger partial charge on any atom is 0.243 e. The Bertz CT molecular complexity index is 1110. The van der Waals surface area contributed by atoms with Crippen molar-refractivity contribution in [3.63, 3.8) is 0 Å². The van der Waals surface area contributed by atoms with E-state index in [-0.39, 0.29) is 11.4 Å². The molecular weight excluding hydrogens is 420 g/mol. The number of sulfonamides is 1. The molecule has 0 aliphatic heterocycles. The summed E-state index contributed by atoms with van der Waals surface area (Å²) in [6.45, 7) is 4.07. The summed E-state index contributed by atoms with van der Waals surface area (Å²) in [6, 6.07) is 12.0. The number of rotatable bonds is 9. The normalized spacial score (nSPS) is 11.5. The standard InChI is InChI=1S/C22H26N2O6S/c1-6-24(31(25,26)18-9-7-15(2)8-10-18)14-17-13-19(30-23-17)16-11-20(27-3)22(29-5)21(12-16)28-4/h7-13H,6,14H2,1-5H3. The summed E-state index contributed by atoms with van der Waals surface area (Å²) in [6.07, 6.45) is 0. The summed E-state index contributed by atoms with van der Waals surface area (Å²) in [7, 11) is 0.931. The molecule has 3 aromatic rings. The fraction of sp³-hybridized carbons (Fsp3) is 0.318. The van der Waals surface area contributed by atoms with Crippen LogP contribution >= 0.6 is 0 Å².